The fourth-order valence-electron chi connectivity index (χ4n) is 3.56. The Balaban J connectivity index is 1.53. The van der Waals surface area contributed by atoms with E-state index in [9.17, 15) is 0 Å². The standard InChI is InChI=1S/C24H27N5O3/c1-16(32-14-17-7-5-4-6-8-17)11-21-27-22-23(25)26-15-29(24(22)28-21)13-18-9-10-19(30-2)20(12-18)31-3/h4-10,12,15-16,25H,11,13-14H2,1-3H3,(H,27,28). The van der Waals surface area contributed by atoms with Gasteiger partial charge in [0.1, 0.15) is 11.3 Å². The summed E-state index contributed by atoms with van der Waals surface area (Å²) in [6.07, 6.45) is 2.22. The van der Waals surface area contributed by atoms with Crippen molar-refractivity contribution in [3.63, 3.8) is 0 Å². The van der Waals surface area contributed by atoms with Crippen LogP contribution in [0.1, 0.15) is 23.9 Å². The van der Waals surface area contributed by atoms with Gasteiger partial charge in [-0.3, -0.25) is 5.41 Å². The second-order valence-corrected chi connectivity index (χ2v) is 7.60. The number of H-pyrrole nitrogens is 1. The summed E-state index contributed by atoms with van der Waals surface area (Å²) in [5, 5.41) is 8.18. The molecule has 0 bridgehead atoms. The summed E-state index contributed by atoms with van der Waals surface area (Å²) in [6, 6.07) is 15.9. The lowest BCUT2D eigenvalue weighted by molar-refractivity contribution is 0.0524. The highest BCUT2D eigenvalue weighted by atomic mass is 16.5. The predicted octanol–water partition coefficient (Wildman–Crippen LogP) is 3.45. The van der Waals surface area contributed by atoms with Crippen LogP contribution < -0.4 is 15.0 Å². The molecule has 0 aliphatic rings. The molecule has 8 heteroatoms. The van der Waals surface area contributed by atoms with Gasteiger partial charge >= 0.3 is 0 Å². The molecular formula is C24H27N5O3. The van der Waals surface area contributed by atoms with E-state index in [1.807, 2.05) is 60.0 Å². The fourth-order valence-corrected chi connectivity index (χ4v) is 3.56. The molecular weight excluding hydrogens is 406 g/mol. The molecule has 2 aromatic carbocycles. The van der Waals surface area contributed by atoms with E-state index in [1.165, 1.54) is 0 Å². The average molecular weight is 434 g/mol. The lowest BCUT2D eigenvalue weighted by Crippen LogP contribution is -2.13. The molecule has 0 radical (unpaired) electrons. The minimum Gasteiger partial charge on any atom is -0.493 e. The summed E-state index contributed by atoms with van der Waals surface area (Å²) >= 11 is 0. The summed E-state index contributed by atoms with van der Waals surface area (Å²) in [5.74, 6) is 2.11. The topological polar surface area (TPSA) is 98.0 Å². The third-order valence-corrected chi connectivity index (χ3v) is 5.23. The number of ether oxygens (including phenoxy) is 3. The van der Waals surface area contributed by atoms with E-state index < -0.39 is 0 Å². The first kappa shape index (κ1) is 21.6. The van der Waals surface area contributed by atoms with Crippen LogP contribution in [0, 0.1) is 5.41 Å². The van der Waals surface area contributed by atoms with Crippen molar-refractivity contribution in [3.8, 4) is 11.5 Å². The van der Waals surface area contributed by atoms with Gasteiger partial charge in [0.2, 0.25) is 0 Å². The zero-order valence-corrected chi connectivity index (χ0v) is 18.5. The zero-order valence-electron chi connectivity index (χ0n) is 18.5. The second-order valence-electron chi connectivity index (χ2n) is 7.60. The maximum absolute atomic E-state index is 8.18. The zero-order chi connectivity index (χ0) is 22.5. The maximum Gasteiger partial charge on any atom is 0.173 e. The summed E-state index contributed by atoms with van der Waals surface area (Å²) < 4.78 is 18.6. The number of aromatic nitrogens is 4. The summed E-state index contributed by atoms with van der Waals surface area (Å²) in [4.78, 5) is 12.2. The highest BCUT2D eigenvalue weighted by Crippen LogP contribution is 2.28. The Labute approximate surface area is 186 Å². The molecule has 0 saturated heterocycles. The second kappa shape index (κ2) is 9.65. The normalized spacial score (nSPS) is 12.1. The molecule has 2 aromatic heterocycles. The monoisotopic (exact) mass is 433 g/mol. The van der Waals surface area contributed by atoms with Crippen LogP contribution in [0.4, 0.5) is 0 Å². The van der Waals surface area contributed by atoms with Crippen LogP contribution in [0.3, 0.4) is 0 Å². The van der Waals surface area contributed by atoms with Crippen LogP contribution in [-0.2, 0) is 24.3 Å². The Morgan fingerprint density at radius 1 is 1.03 bits per heavy atom. The molecule has 8 nitrogen and oxygen atoms in total. The molecule has 32 heavy (non-hydrogen) atoms. The number of hydrogen-bond donors (Lipinski definition) is 2. The van der Waals surface area contributed by atoms with E-state index in [-0.39, 0.29) is 11.6 Å². The fraction of sp³-hybridized carbons (Fsp3) is 0.292. The maximum atomic E-state index is 8.18. The molecule has 2 N–H and O–H groups in total. The van der Waals surface area contributed by atoms with Crippen molar-refractivity contribution in [3.05, 3.63) is 77.3 Å². The number of methoxy groups -OCH3 is 2. The molecule has 0 spiro atoms. The highest BCUT2D eigenvalue weighted by molar-refractivity contribution is 5.69. The first-order chi connectivity index (χ1) is 15.6. The van der Waals surface area contributed by atoms with Gasteiger partial charge in [-0.05, 0) is 30.2 Å². The van der Waals surface area contributed by atoms with Crippen molar-refractivity contribution in [1.29, 1.82) is 5.41 Å². The lowest BCUT2D eigenvalue weighted by Gasteiger charge is -2.12. The predicted molar refractivity (Wildman–Crippen MR) is 121 cm³/mol. The van der Waals surface area contributed by atoms with Gasteiger partial charge in [-0.15, -0.1) is 0 Å². The van der Waals surface area contributed by atoms with E-state index >= 15 is 0 Å². The van der Waals surface area contributed by atoms with Crippen LogP contribution >= 0.6 is 0 Å². The largest absolute Gasteiger partial charge is 0.493 e. The molecule has 2 heterocycles. The molecule has 0 amide bonds. The summed E-state index contributed by atoms with van der Waals surface area (Å²) in [6.45, 7) is 3.11. The highest BCUT2D eigenvalue weighted by Gasteiger charge is 2.13. The minimum absolute atomic E-state index is 0.0304. The number of aromatic amines is 1. The van der Waals surface area contributed by atoms with Crippen molar-refractivity contribution < 1.29 is 14.2 Å². The molecule has 0 fully saturated rings. The Morgan fingerprint density at radius 2 is 1.81 bits per heavy atom. The van der Waals surface area contributed by atoms with E-state index in [4.69, 9.17) is 24.6 Å². The molecule has 4 rings (SSSR count). The van der Waals surface area contributed by atoms with Gasteiger partial charge in [0.25, 0.3) is 0 Å². The Kier molecular flexibility index (Phi) is 6.51. The first-order valence-electron chi connectivity index (χ1n) is 10.4. The van der Waals surface area contributed by atoms with Gasteiger partial charge in [0, 0.05) is 6.42 Å². The number of fused-ring (bicyclic) bond motifs is 1. The number of hydrogen-bond acceptors (Lipinski definition) is 6. The first-order valence-corrected chi connectivity index (χ1v) is 10.4. The lowest BCUT2D eigenvalue weighted by atomic mass is 10.2. The number of nitrogens with zero attached hydrogens (tertiary/aromatic N) is 3. The Bertz CT molecular complexity index is 1250. The van der Waals surface area contributed by atoms with Crippen LogP contribution in [0.2, 0.25) is 0 Å². The van der Waals surface area contributed by atoms with Gasteiger partial charge in [-0.1, -0.05) is 36.4 Å². The molecule has 0 aliphatic carbocycles. The molecule has 0 saturated carbocycles. The Hall–Kier alpha value is -3.65. The number of imidazole rings is 1. The number of nitrogens with one attached hydrogen (secondary N) is 2. The minimum atomic E-state index is -0.0304. The van der Waals surface area contributed by atoms with Gasteiger partial charge < -0.3 is 23.8 Å². The van der Waals surface area contributed by atoms with Crippen LogP contribution in [0.25, 0.3) is 11.2 Å². The average Bonchev–Trinajstić information content (AvgIpc) is 3.25. The van der Waals surface area contributed by atoms with Gasteiger partial charge in [0.15, 0.2) is 22.6 Å². The van der Waals surface area contributed by atoms with Crippen molar-refractivity contribution >= 4 is 11.2 Å². The van der Waals surface area contributed by atoms with Crippen LogP contribution in [-0.4, -0.2) is 39.8 Å². The summed E-state index contributed by atoms with van der Waals surface area (Å²) in [7, 11) is 3.23. The van der Waals surface area contributed by atoms with Crippen LogP contribution in [0.15, 0.2) is 54.9 Å². The van der Waals surface area contributed by atoms with Crippen molar-refractivity contribution in [2.45, 2.75) is 32.6 Å². The van der Waals surface area contributed by atoms with Gasteiger partial charge in [0.05, 0.1) is 39.8 Å². The van der Waals surface area contributed by atoms with Crippen molar-refractivity contribution in [1.82, 2.24) is 19.5 Å². The van der Waals surface area contributed by atoms with E-state index in [2.05, 4.69) is 9.97 Å². The molecule has 1 unspecified atom stereocenters. The third-order valence-electron chi connectivity index (χ3n) is 5.23. The smallest absolute Gasteiger partial charge is 0.173 e. The van der Waals surface area contributed by atoms with E-state index in [0.29, 0.717) is 42.2 Å². The summed E-state index contributed by atoms with van der Waals surface area (Å²) in [5.41, 5.74) is 3.61. The molecule has 4 aromatic rings. The number of benzene rings is 2. The third kappa shape index (κ3) is 4.81. The molecule has 0 aliphatic heterocycles. The van der Waals surface area contributed by atoms with E-state index in [0.717, 1.165) is 17.0 Å². The molecule has 166 valence electrons. The quantitative estimate of drug-likeness (QED) is 0.421. The van der Waals surface area contributed by atoms with Crippen molar-refractivity contribution in [2.75, 3.05) is 14.2 Å². The Morgan fingerprint density at radius 3 is 2.56 bits per heavy atom. The van der Waals surface area contributed by atoms with Gasteiger partial charge in [-0.25, -0.2) is 9.97 Å². The van der Waals surface area contributed by atoms with E-state index in [1.54, 1.807) is 20.5 Å². The van der Waals surface area contributed by atoms with Crippen LogP contribution in [0.5, 0.6) is 11.5 Å². The van der Waals surface area contributed by atoms with Crippen molar-refractivity contribution in [2.24, 2.45) is 0 Å². The van der Waals surface area contributed by atoms with Gasteiger partial charge in [-0.2, -0.15) is 0 Å². The number of rotatable bonds is 9. The SMILES string of the molecule is COc1ccc(Cn2cnc(=N)c3[nH]c(CC(C)OCc4ccccc4)nc32)cc1OC. The molecule has 1 atom stereocenters.